The van der Waals surface area contributed by atoms with Crippen molar-refractivity contribution in [2.24, 2.45) is 11.5 Å². The molecule has 2 rings (SSSR count). The monoisotopic (exact) mass is 254 g/mol. The smallest absolute Gasteiger partial charge is 1.00 e. The Kier molecular flexibility index (Phi) is 4.85. The Morgan fingerprint density at radius 2 is 1.24 bits per heavy atom. The molecule has 0 unspecified atom stereocenters. The van der Waals surface area contributed by atoms with Crippen LogP contribution in [0.3, 0.4) is 0 Å². The van der Waals surface area contributed by atoms with Crippen LogP contribution in [0.1, 0.15) is 22.1 Å². The molecule has 2 amide bonds. The summed E-state index contributed by atoms with van der Waals surface area (Å²) >= 11 is 0. The molecule has 0 saturated carbocycles. The number of hydrogen-bond donors (Lipinski definition) is 2. The molecular weight excluding hydrogens is 243 g/mol. The quantitative estimate of drug-likeness (QED) is 0.617. The third-order valence-electron chi connectivity index (χ3n) is 2.42. The Morgan fingerprint density at radius 3 is 1.53 bits per heavy atom. The van der Waals surface area contributed by atoms with E-state index in [4.69, 9.17) is 11.5 Å². The second kappa shape index (κ2) is 5.75. The topological polar surface area (TPSA) is 86.2 Å². The maximum Gasteiger partial charge on any atom is 1.00 e. The Labute approximate surface area is 142 Å². The van der Waals surface area contributed by atoms with Crippen LogP contribution in [-0.2, 0) is 0 Å². The van der Waals surface area contributed by atoms with Gasteiger partial charge in [-0.25, -0.2) is 0 Å². The molecule has 0 aliphatic carbocycles. The van der Waals surface area contributed by atoms with Crippen LogP contribution in [0.25, 0.3) is 10.8 Å². The molecule has 5 heteroatoms. The van der Waals surface area contributed by atoms with Crippen LogP contribution in [0, 0.1) is 0 Å². The Hall–Kier alpha value is -0.724. The molecule has 4 nitrogen and oxygen atoms in total. The molecule has 0 saturated heterocycles. The molecule has 0 bridgehead atoms. The van der Waals surface area contributed by atoms with Gasteiger partial charge in [0.1, 0.15) is 0 Å². The Balaban J connectivity index is 0.00000144. The fourth-order valence-electron chi connectivity index (χ4n) is 1.65. The van der Waals surface area contributed by atoms with Gasteiger partial charge in [0, 0.05) is 0 Å². The summed E-state index contributed by atoms with van der Waals surface area (Å²) in [6, 6.07) is 10.5. The predicted molar refractivity (Wildman–Crippen MR) is 62.1 cm³/mol. The van der Waals surface area contributed by atoms with Gasteiger partial charge in [0.25, 0.3) is 0 Å². The third kappa shape index (κ3) is 2.94. The van der Waals surface area contributed by atoms with Crippen molar-refractivity contribution < 1.29 is 62.4 Å². The first-order valence-corrected chi connectivity index (χ1v) is 4.72. The predicted octanol–water partition coefficient (Wildman–Crippen LogP) is -1.85. The van der Waals surface area contributed by atoms with Gasteiger partial charge in [-0.2, -0.15) is 0 Å². The summed E-state index contributed by atoms with van der Waals surface area (Å²) in [5.41, 5.74) is 10.7. The van der Waals surface area contributed by atoms with Crippen LogP contribution >= 0.6 is 0 Å². The van der Waals surface area contributed by atoms with Crippen molar-refractivity contribution in [1.29, 1.82) is 0 Å². The van der Waals surface area contributed by atoms with Gasteiger partial charge in [-0.1, -0.05) is 24.3 Å². The largest absolute Gasteiger partial charge is 1.00 e. The SMILES string of the molecule is NC(=O)c1cc2ccccc2cc1C(N)=O.[H-].[K+]. The fourth-order valence-corrected chi connectivity index (χ4v) is 1.65. The van der Waals surface area contributed by atoms with Crippen LogP contribution in [0.5, 0.6) is 0 Å². The zero-order valence-corrected chi connectivity index (χ0v) is 12.6. The average Bonchev–Trinajstić information content (AvgIpc) is 2.27. The number of carbonyl (C=O) groups is 2. The molecule has 0 spiro atoms. The van der Waals surface area contributed by atoms with Crippen LogP contribution in [0.4, 0.5) is 0 Å². The van der Waals surface area contributed by atoms with Gasteiger partial charge in [0.05, 0.1) is 11.1 Å². The summed E-state index contributed by atoms with van der Waals surface area (Å²) < 4.78 is 0. The normalized spacial score (nSPS) is 9.65. The molecule has 82 valence electrons. The summed E-state index contributed by atoms with van der Waals surface area (Å²) in [5.74, 6) is -1.31. The number of primary amides is 2. The van der Waals surface area contributed by atoms with Gasteiger partial charge in [-0.3, -0.25) is 9.59 Å². The molecule has 0 radical (unpaired) electrons. The summed E-state index contributed by atoms with van der Waals surface area (Å²) in [6.45, 7) is 0. The maximum atomic E-state index is 11.2. The van der Waals surface area contributed by atoms with Crippen molar-refractivity contribution in [2.75, 3.05) is 0 Å². The molecule has 0 aliphatic rings. The zero-order chi connectivity index (χ0) is 11.7. The summed E-state index contributed by atoms with van der Waals surface area (Å²) in [6.07, 6.45) is 0. The van der Waals surface area contributed by atoms with Crippen LogP contribution < -0.4 is 62.9 Å². The number of fused-ring (bicyclic) bond motifs is 1. The van der Waals surface area contributed by atoms with E-state index in [0.29, 0.717) is 0 Å². The minimum absolute atomic E-state index is 0. The van der Waals surface area contributed by atoms with E-state index < -0.39 is 11.8 Å². The van der Waals surface area contributed by atoms with E-state index in [-0.39, 0.29) is 63.9 Å². The van der Waals surface area contributed by atoms with Crippen molar-refractivity contribution >= 4 is 22.6 Å². The molecule has 17 heavy (non-hydrogen) atoms. The number of amides is 2. The second-order valence-corrected chi connectivity index (χ2v) is 3.47. The van der Waals surface area contributed by atoms with E-state index in [0.717, 1.165) is 10.8 Å². The maximum absolute atomic E-state index is 11.2. The van der Waals surface area contributed by atoms with Crippen molar-refractivity contribution in [2.45, 2.75) is 0 Å². The van der Waals surface area contributed by atoms with E-state index in [9.17, 15) is 9.59 Å². The average molecular weight is 254 g/mol. The van der Waals surface area contributed by atoms with E-state index in [2.05, 4.69) is 0 Å². The zero-order valence-electron chi connectivity index (χ0n) is 10.4. The molecule has 0 atom stereocenters. The minimum Gasteiger partial charge on any atom is -1.00 e. The molecule has 4 N–H and O–H groups in total. The molecular formula is C12H11KN2O2. The second-order valence-electron chi connectivity index (χ2n) is 3.47. The number of rotatable bonds is 2. The van der Waals surface area contributed by atoms with Gasteiger partial charge < -0.3 is 12.9 Å². The summed E-state index contributed by atoms with van der Waals surface area (Å²) in [5, 5.41) is 1.70. The first kappa shape index (κ1) is 14.3. The third-order valence-corrected chi connectivity index (χ3v) is 2.42. The minimum atomic E-state index is -0.653. The van der Waals surface area contributed by atoms with Crippen molar-refractivity contribution in [3.05, 3.63) is 47.5 Å². The van der Waals surface area contributed by atoms with Gasteiger partial charge in [0.2, 0.25) is 11.8 Å². The fraction of sp³-hybridized carbons (Fsp3) is 0. The molecule has 0 aromatic heterocycles. The Bertz CT molecular complexity index is 549. The van der Waals surface area contributed by atoms with E-state index in [1.165, 1.54) is 0 Å². The molecule has 2 aromatic rings. The molecule has 0 heterocycles. The molecule has 0 fully saturated rings. The molecule has 2 aromatic carbocycles. The first-order valence-electron chi connectivity index (χ1n) is 4.72. The van der Waals surface area contributed by atoms with E-state index in [1.807, 2.05) is 24.3 Å². The van der Waals surface area contributed by atoms with Crippen molar-refractivity contribution in [1.82, 2.24) is 0 Å². The van der Waals surface area contributed by atoms with Gasteiger partial charge in [0.15, 0.2) is 0 Å². The number of hydrogen-bond acceptors (Lipinski definition) is 2. The summed E-state index contributed by atoms with van der Waals surface area (Å²) in [7, 11) is 0. The van der Waals surface area contributed by atoms with Crippen LogP contribution in [0.2, 0.25) is 0 Å². The Morgan fingerprint density at radius 1 is 0.882 bits per heavy atom. The number of benzene rings is 2. The van der Waals surface area contributed by atoms with Crippen LogP contribution in [0.15, 0.2) is 36.4 Å². The van der Waals surface area contributed by atoms with Gasteiger partial charge in [-0.05, 0) is 22.9 Å². The summed E-state index contributed by atoms with van der Waals surface area (Å²) in [4.78, 5) is 22.4. The number of carbonyl (C=O) groups excluding carboxylic acids is 2. The van der Waals surface area contributed by atoms with Crippen molar-refractivity contribution in [3.63, 3.8) is 0 Å². The first-order chi connectivity index (χ1) is 7.59. The van der Waals surface area contributed by atoms with E-state index in [1.54, 1.807) is 12.1 Å². The molecule has 0 aliphatic heterocycles. The standard InChI is InChI=1S/C12H10N2O2.K.H/c13-11(15)9-5-7-3-1-2-4-8(7)6-10(9)12(14)16;;/h1-6H,(H2,13,15)(H2,14,16);;/q;+1;-1. The van der Waals surface area contributed by atoms with E-state index >= 15 is 0 Å². The van der Waals surface area contributed by atoms with Crippen LogP contribution in [-0.4, -0.2) is 11.8 Å². The van der Waals surface area contributed by atoms with Gasteiger partial charge >= 0.3 is 51.4 Å². The van der Waals surface area contributed by atoms with Crippen molar-refractivity contribution in [3.8, 4) is 0 Å². The van der Waals surface area contributed by atoms with Gasteiger partial charge in [-0.15, -0.1) is 0 Å². The number of nitrogens with two attached hydrogens (primary N) is 2.